The van der Waals surface area contributed by atoms with Crippen LogP contribution in [-0.2, 0) is 12.8 Å². The molecule has 0 bridgehead atoms. The van der Waals surface area contributed by atoms with Gasteiger partial charge in [-0.1, -0.05) is 24.3 Å². The van der Waals surface area contributed by atoms with Gasteiger partial charge in [0.05, 0.1) is 6.07 Å². The van der Waals surface area contributed by atoms with E-state index in [0.29, 0.717) is 6.42 Å². The lowest BCUT2D eigenvalue weighted by Gasteiger charge is -2.28. The summed E-state index contributed by atoms with van der Waals surface area (Å²) in [4.78, 5) is 0. The van der Waals surface area contributed by atoms with Gasteiger partial charge in [0.1, 0.15) is 5.54 Å². The Morgan fingerprint density at radius 3 is 2.69 bits per heavy atom. The summed E-state index contributed by atoms with van der Waals surface area (Å²) < 4.78 is 0. The van der Waals surface area contributed by atoms with Gasteiger partial charge in [-0.3, -0.25) is 0 Å². The van der Waals surface area contributed by atoms with Crippen molar-refractivity contribution in [3.8, 4) is 6.07 Å². The Morgan fingerprint density at radius 1 is 1.31 bits per heavy atom. The maximum atomic E-state index is 8.90. The molecule has 2 N–H and O–H groups in total. The summed E-state index contributed by atoms with van der Waals surface area (Å²) in [5, 5.41) is 8.90. The van der Waals surface area contributed by atoms with Gasteiger partial charge in [-0.15, -0.1) is 0 Å². The number of benzene rings is 1. The minimum absolute atomic E-state index is 0.631. The van der Waals surface area contributed by atoms with Crippen LogP contribution < -0.4 is 5.73 Å². The zero-order chi connectivity index (χ0) is 9.31. The van der Waals surface area contributed by atoms with Gasteiger partial charge < -0.3 is 5.73 Å². The van der Waals surface area contributed by atoms with E-state index in [1.54, 1.807) is 0 Å². The zero-order valence-corrected chi connectivity index (χ0v) is 7.46. The smallest absolute Gasteiger partial charge is 0.108 e. The SMILES string of the molecule is N#C[C@@]1(N)CCc2ccccc2C1. The van der Waals surface area contributed by atoms with E-state index in [9.17, 15) is 0 Å². The average Bonchev–Trinajstić information content (AvgIpc) is 2.18. The van der Waals surface area contributed by atoms with Crippen LogP contribution in [0.25, 0.3) is 0 Å². The normalized spacial score (nSPS) is 26.2. The summed E-state index contributed by atoms with van der Waals surface area (Å²) in [5.74, 6) is 0. The number of hydrogen-bond acceptors (Lipinski definition) is 2. The summed E-state index contributed by atoms with van der Waals surface area (Å²) in [7, 11) is 0. The van der Waals surface area contributed by atoms with Crippen molar-refractivity contribution in [2.45, 2.75) is 24.8 Å². The molecule has 2 heteroatoms. The van der Waals surface area contributed by atoms with E-state index in [4.69, 9.17) is 11.0 Å². The number of nitriles is 1. The Balaban J connectivity index is 2.36. The van der Waals surface area contributed by atoms with E-state index in [2.05, 4.69) is 18.2 Å². The van der Waals surface area contributed by atoms with Crippen LogP contribution in [0.5, 0.6) is 0 Å². The lowest BCUT2D eigenvalue weighted by Crippen LogP contribution is -2.43. The van der Waals surface area contributed by atoms with E-state index in [1.807, 2.05) is 12.1 Å². The summed E-state index contributed by atoms with van der Waals surface area (Å²) >= 11 is 0. The maximum absolute atomic E-state index is 8.90. The Morgan fingerprint density at radius 2 is 2.00 bits per heavy atom. The zero-order valence-electron chi connectivity index (χ0n) is 7.46. The molecule has 13 heavy (non-hydrogen) atoms. The van der Waals surface area contributed by atoms with Gasteiger partial charge in [-0.05, 0) is 24.0 Å². The second-order valence-electron chi connectivity index (χ2n) is 3.71. The molecule has 1 aliphatic carbocycles. The van der Waals surface area contributed by atoms with Gasteiger partial charge in [0.2, 0.25) is 0 Å². The molecule has 0 spiro atoms. The highest BCUT2D eigenvalue weighted by atomic mass is 14.7. The van der Waals surface area contributed by atoms with E-state index in [1.165, 1.54) is 11.1 Å². The van der Waals surface area contributed by atoms with Crippen LogP contribution in [0, 0.1) is 11.3 Å². The van der Waals surface area contributed by atoms with Crippen molar-refractivity contribution < 1.29 is 0 Å². The first kappa shape index (κ1) is 8.28. The standard InChI is InChI=1S/C11H12N2/c12-8-11(13)6-5-9-3-1-2-4-10(9)7-11/h1-4H,5-7,13H2/t11-/m1/s1. The molecular weight excluding hydrogens is 160 g/mol. The third kappa shape index (κ3) is 1.43. The van der Waals surface area contributed by atoms with Crippen LogP contribution in [0.4, 0.5) is 0 Å². The Hall–Kier alpha value is -1.33. The number of aryl methyl sites for hydroxylation is 1. The van der Waals surface area contributed by atoms with E-state index in [0.717, 1.165) is 12.8 Å². The lowest BCUT2D eigenvalue weighted by molar-refractivity contribution is 0.470. The topological polar surface area (TPSA) is 49.8 Å². The number of rotatable bonds is 0. The minimum Gasteiger partial charge on any atom is -0.313 e. The van der Waals surface area contributed by atoms with Crippen molar-refractivity contribution in [1.29, 1.82) is 5.26 Å². The molecule has 1 aliphatic rings. The molecular formula is C11H12N2. The van der Waals surface area contributed by atoms with Crippen LogP contribution in [0.1, 0.15) is 17.5 Å². The van der Waals surface area contributed by atoms with Gasteiger partial charge in [0.25, 0.3) is 0 Å². The van der Waals surface area contributed by atoms with E-state index >= 15 is 0 Å². The van der Waals surface area contributed by atoms with Crippen LogP contribution in [0.3, 0.4) is 0 Å². The van der Waals surface area contributed by atoms with Gasteiger partial charge >= 0.3 is 0 Å². The third-order valence-electron chi connectivity index (χ3n) is 2.69. The average molecular weight is 172 g/mol. The minimum atomic E-state index is -0.631. The maximum Gasteiger partial charge on any atom is 0.108 e. The molecule has 1 aromatic carbocycles. The highest BCUT2D eigenvalue weighted by Crippen LogP contribution is 2.26. The second kappa shape index (κ2) is 2.86. The van der Waals surface area contributed by atoms with Crippen molar-refractivity contribution in [3.63, 3.8) is 0 Å². The van der Waals surface area contributed by atoms with Crippen molar-refractivity contribution in [2.24, 2.45) is 5.73 Å². The van der Waals surface area contributed by atoms with Gasteiger partial charge in [0, 0.05) is 6.42 Å². The van der Waals surface area contributed by atoms with Crippen molar-refractivity contribution in [1.82, 2.24) is 0 Å². The fraction of sp³-hybridized carbons (Fsp3) is 0.364. The molecule has 0 saturated carbocycles. The molecule has 2 rings (SSSR count). The monoisotopic (exact) mass is 172 g/mol. The summed E-state index contributed by atoms with van der Waals surface area (Å²) in [6.07, 6.45) is 2.40. The van der Waals surface area contributed by atoms with Crippen LogP contribution in [-0.4, -0.2) is 5.54 Å². The molecule has 0 fully saturated rings. The number of nitrogens with two attached hydrogens (primary N) is 1. The Bertz CT molecular complexity index is 365. The summed E-state index contributed by atoms with van der Waals surface area (Å²) in [5.41, 5.74) is 7.86. The molecule has 1 aromatic rings. The Kier molecular flexibility index (Phi) is 1.82. The molecule has 2 nitrogen and oxygen atoms in total. The van der Waals surface area contributed by atoms with Crippen LogP contribution in [0.15, 0.2) is 24.3 Å². The fourth-order valence-electron chi connectivity index (χ4n) is 1.86. The van der Waals surface area contributed by atoms with Crippen LogP contribution >= 0.6 is 0 Å². The highest BCUT2D eigenvalue weighted by Gasteiger charge is 2.29. The molecule has 1 atom stereocenters. The summed E-state index contributed by atoms with van der Waals surface area (Å²) in [6, 6.07) is 10.4. The van der Waals surface area contributed by atoms with Crippen molar-refractivity contribution in [2.75, 3.05) is 0 Å². The molecule has 66 valence electrons. The largest absolute Gasteiger partial charge is 0.313 e. The predicted octanol–water partition coefficient (Wildman–Crippen LogP) is 1.40. The first-order valence-corrected chi connectivity index (χ1v) is 4.50. The number of nitrogens with zero attached hydrogens (tertiary/aromatic N) is 1. The molecule has 0 amide bonds. The quantitative estimate of drug-likeness (QED) is 0.643. The van der Waals surface area contributed by atoms with Gasteiger partial charge in [-0.25, -0.2) is 0 Å². The molecule has 0 saturated heterocycles. The van der Waals surface area contributed by atoms with E-state index < -0.39 is 5.54 Å². The molecule has 0 aromatic heterocycles. The van der Waals surface area contributed by atoms with E-state index in [-0.39, 0.29) is 0 Å². The van der Waals surface area contributed by atoms with Crippen LogP contribution in [0.2, 0.25) is 0 Å². The van der Waals surface area contributed by atoms with Gasteiger partial charge in [-0.2, -0.15) is 5.26 Å². The fourth-order valence-corrected chi connectivity index (χ4v) is 1.86. The Labute approximate surface area is 78.0 Å². The lowest BCUT2D eigenvalue weighted by atomic mass is 9.80. The summed E-state index contributed by atoms with van der Waals surface area (Å²) in [6.45, 7) is 0. The first-order chi connectivity index (χ1) is 6.23. The number of hydrogen-bond donors (Lipinski definition) is 1. The molecule has 0 aliphatic heterocycles. The molecule has 0 heterocycles. The predicted molar refractivity (Wildman–Crippen MR) is 51.0 cm³/mol. The van der Waals surface area contributed by atoms with Crippen molar-refractivity contribution >= 4 is 0 Å². The molecule has 0 radical (unpaired) electrons. The molecule has 0 unspecified atom stereocenters. The van der Waals surface area contributed by atoms with Crippen molar-refractivity contribution in [3.05, 3.63) is 35.4 Å². The van der Waals surface area contributed by atoms with Gasteiger partial charge in [0.15, 0.2) is 0 Å². The first-order valence-electron chi connectivity index (χ1n) is 4.50. The third-order valence-corrected chi connectivity index (χ3v) is 2.69. The highest BCUT2D eigenvalue weighted by molar-refractivity contribution is 5.34. The second-order valence-corrected chi connectivity index (χ2v) is 3.71. The number of fused-ring (bicyclic) bond motifs is 1.